The van der Waals surface area contributed by atoms with Crippen molar-refractivity contribution in [3.8, 4) is 0 Å². The number of carbonyl (C=O) groups excluding carboxylic acids is 2. The normalized spacial score (nSPS) is 34.5. The lowest BCUT2D eigenvalue weighted by Crippen LogP contribution is -2.59. The molecule has 6 nitrogen and oxygen atoms in total. The van der Waals surface area contributed by atoms with Gasteiger partial charge in [-0.25, -0.2) is 0 Å². The minimum absolute atomic E-state index is 0.0705. The quantitative estimate of drug-likeness (QED) is 0.412. The number of carbonyl (C=O) groups is 2. The fourth-order valence-electron chi connectivity index (χ4n) is 5.93. The Balaban J connectivity index is 1.35. The summed E-state index contributed by atoms with van der Waals surface area (Å²) in [6, 6.07) is 0.164. The van der Waals surface area contributed by atoms with Crippen molar-refractivity contribution in [1.82, 2.24) is 10.6 Å². The SMILES string of the molecule is O=C(NC1CC1)/C(=N\O)c1cscc1C(=O)NC12CC3CC(CC(C3)C1)C2. The van der Waals surface area contributed by atoms with E-state index in [0.717, 1.165) is 49.9 Å². The van der Waals surface area contributed by atoms with E-state index < -0.39 is 5.91 Å². The van der Waals surface area contributed by atoms with Crippen LogP contribution in [0.15, 0.2) is 15.9 Å². The third-order valence-corrected chi connectivity index (χ3v) is 7.55. The summed E-state index contributed by atoms with van der Waals surface area (Å²) in [4.78, 5) is 25.5. The first-order chi connectivity index (χ1) is 13.0. The van der Waals surface area contributed by atoms with Gasteiger partial charge in [-0.1, -0.05) is 5.16 Å². The van der Waals surface area contributed by atoms with E-state index in [-0.39, 0.29) is 23.2 Å². The fraction of sp³-hybridized carbons (Fsp3) is 0.650. The molecule has 5 saturated carbocycles. The molecule has 144 valence electrons. The fourth-order valence-corrected chi connectivity index (χ4v) is 6.74. The largest absolute Gasteiger partial charge is 0.410 e. The van der Waals surface area contributed by atoms with Gasteiger partial charge >= 0.3 is 0 Å². The maximum atomic E-state index is 13.1. The van der Waals surface area contributed by atoms with Crippen molar-refractivity contribution < 1.29 is 14.8 Å². The van der Waals surface area contributed by atoms with Crippen LogP contribution in [0.2, 0.25) is 0 Å². The number of oxime groups is 1. The molecule has 0 atom stereocenters. The van der Waals surface area contributed by atoms with Crippen LogP contribution in [0.4, 0.5) is 0 Å². The zero-order chi connectivity index (χ0) is 18.6. The van der Waals surface area contributed by atoms with Gasteiger partial charge in [0.1, 0.15) is 0 Å². The van der Waals surface area contributed by atoms with Crippen molar-refractivity contribution in [2.24, 2.45) is 22.9 Å². The Morgan fingerprint density at radius 3 is 2.19 bits per heavy atom. The van der Waals surface area contributed by atoms with Gasteiger partial charge in [0.2, 0.25) is 0 Å². The molecule has 1 aromatic rings. The van der Waals surface area contributed by atoms with Gasteiger partial charge < -0.3 is 15.8 Å². The Labute approximate surface area is 162 Å². The van der Waals surface area contributed by atoms with Crippen LogP contribution in [-0.2, 0) is 4.79 Å². The first-order valence-electron chi connectivity index (χ1n) is 9.97. The van der Waals surface area contributed by atoms with Gasteiger partial charge in [-0.3, -0.25) is 9.59 Å². The van der Waals surface area contributed by atoms with Gasteiger partial charge in [-0.15, -0.1) is 0 Å². The van der Waals surface area contributed by atoms with Crippen molar-refractivity contribution >= 4 is 28.9 Å². The molecular formula is C20H25N3O3S. The third kappa shape index (κ3) is 3.16. The van der Waals surface area contributed by atoms with Crippen LogP contribution < -0.4 is 10.6 Å². The molecule has 0 aliphatic heterocycles. The second kappa shape index (κ2) is 6.33. The highest BCUT2D eigenvalue weighted by molar-refractivity contribution is 7.08. The molecule has 1 aromatic heterocycles. The van der Waals surface area contributed by atoms with Crippen molar-refractivity contribution in [3.05, 3.63) is 21.9 Å². The van der Waals surface area contributed by atoms with E-state index in [2.05, 4.69) is 15.8 Å². The zero-order valence-electron chi connectivity index (χ0n) is 15.2. The highest BCUT2D eigenvalue weighted by atomic mass is 32.1. The van der Waals surface area contributed by atoms with Crippen LogP contribution in [0.5, 0.6) is 0 Å². The minimum atomic E-state index is -0.415. The van der Waals surface area contributed by atoms with Gasteiger partial charge in [0.25, 0.3) is 11.8 Å². The Bertz CT molecular complexity index is 776. The minimum Gasteiger partial charge on any atom is -0.410 e. The highest BCUT2D eigenvalue weighted by Gasteiger charge is 2.51. The molecule has 0 spiro atoms. The van der Waals surface area contributed by atoms with Crippen molar-refractivity contribution in [3.63, 3.8) is 0 Å². The number of amides is 2. The first kappa shape index (κ1) is 17.2. The predicted molar refractivity (Wildman–Crippen MR) is 102 cm³/mol. The Morgan fingerprint density at radius 2 is 1.63 bits per heavy atom. The average Bonchev–Trinajstić information content (AvgIpc) is 3.27. The molecule has 0 saturated heterocycles. The van der Waals surface area contributed by atoms with Gasteiger partial charge in [0.15, 0.2) is 5.71 Å². The maximum absolute atomic E-state index is 13.1. The molecule has 3 N–H and O–H groups in total. The molecule has 5 aliphatic rings. The smallest absolute Gasteiger partial charge is 0.274 e. The van der Waals surface area contributed by atoms with E-state index in [9.17, 15) is 14.8 Å². The van der Waals surface area contributed by atoms with E-state index in [4.69, 9.17) is 0 Å². The molecule has 5 fully saturated rings. The summed E-state index contributed by atoms with van der Waals surface area (Å²) >= 11 is 1.35. The van der Waals surface area contributed by atoms with Crippen LogP contribution >= 0.6 is 11.3 Å². The molecule has 0 radical (unpaired) electrons. The molecule has 2 amide bonds. The number of nitrogens with zero attached hydrogens (tertiary/aromatic N) is 1. The first-order valence-corrected chi connectivity index (χ1v) is 10.9. The van der Waals surface area contributed by atoms with E-state index in [1.165, 1.54) is 30.6 Å². The van der Waals surface area contributed by atoms with E-state index in [1.807, 2.05) is 0 Å². The van der Waals surface area contributed by atoms with Gasteiger partial charge in [-0.2, -0.15) is 11.3 Å². The lowest BCUT2D eigenvalue weighted by atomic mass is 9.53. The van der Waals surface area contributed by atoms with E-state index in [1.54, 1.807) is 10.8 Å². The highest BCUT2D eigenvalue weighted by Crippen LogP contribution is 2.55. The molecule has 4 bridgehead atoms. The predicted octanol–water partition coefficient (Wildman–Crippen LogP) is 2.90. The Hall–Kier alpha value is -1.89. The second-order valence-electron chi connectivity index (χ2n) is 9.05. The molecular weight excluding hydrogens is 362 g/mol. The van der Waals surface area contributed by atoms with Crippen molar-refractivity contribution in [1.29, 1.82) is 0 Å². The lowest BCUT2D eigenvalue weighted by Gasteiger charge is -2.56. The van der Waals surface area contributed by atoms with Crippen LogP contribution in [-0.4, -0.2) is 34.3 Å². The monoisotopic (exact) mass is 387 g/mol. The summed E-state index contributed by atoms with van der Waals surface area (Å²) in [5, 5.41) is 22.3. The average molecular weight is 388 g/mol. The molecule has 6 rings (SSSR count). The van der Waals surface area contributed by atoms with Gasteiger partial charge in [0.05, 0.1) is 5.56 Å². The van der Waals surface area contributed by atoms with Crippen LogP contribution in [0.25, 0.3) is 0 Å². The third-order valence-electron chi connectivity index (χ3n) is 6.81. The summed E-state index contributed by atoms with van der Waals surface area (Å²) in [5.74, 6) is 1.68. The second-order valence-corrected chi connectivity index (χ2v) is 9.79. The maximum Gasteiger partial charge on any atom is 0.274 e. The van der Waals surface area contributed by atoms with E-state index in [0.29, 0.717) is 11.1 Å². The molecule has 27 heavy (non-hydrogen) atoms. The van der Waals surface area contributed by atoms with Crippen LogP contribution in [0.3, 0.4) is 0 Å². The molecule has 5 aliphatic carbocycles. The zero-order valence-corrected chi connectivity index (χ0v) is 16.1. The summed E-state index contributed by atoms with van der Waals surface area (Å²) in [6.07, 6.45) is 9.10. The molecule has 7 heteroatoms. The standard InChI is InChI=1S/C20H25N3O3S/c24-18(22-20-6-11-3-12(7-20)5-13(4-11)8-20)16-10-27-9-15(16)17(23-26)19(25)21-14-1-2-14/h9-14,26H,1-8H2,(H,21,25)(H,22,24)/b23-17-. The summed E-state index contributed by atoms with van der Waals surface area (Å²) < 4.78 is 0. The van der Waals surface area contributed by atoms with E-state index >= 15 is 0 Å². The summed E-state index contributed by atoms with van der Waals surface area (Å²) in [7, 11) is 0. The van der Waals surface area contributed by atoms with Crippen LogP contribution in [0, 0.1) is 17.8 Å². The Kier molecular flexibility index (Phi) is 4.04. The number of hydrogen-bond acceptors (Lipinski definition) is 5. The molecule has 1 heterocycles. The number of nitrogens with one attached hydrogen (secondary N) is 2. The van der Waals surface area contributed by atoms with Gasteiger partial charge in [-0.05, 0) is 69.1 Å². The van der Waals surface area contributed by atoms with Crippen LogP contribution in [0.1, 0.15) is 67.3 Å². The number of hydrogen-bond donors (Lipinski definition) is 3. The lowest BCUT2D eigenvalue weighted by molar-refractivity contribution is -0.115. The summed E-state index contributed by atoms with van der Waals surface area (Å²) in [6.45, 7) is 0. The van der Waals surface area contributed by atoms with Gasteiger partial charge in [0, 0.05) is 27.9 Å². The number of thiophene rings is 1. The topological polar surface area (TPSA) is 90.8 Å². The van der Waals surface area contributed by atoms with Crippen molar-refractivity contribution in [2.45, 2.75) is 62.9 Å². The molecule has 0 unspecified atom stereocenters. The Morgan fingerprint density at radius 1 is 1.04 bits per heavy atom. The number of rotatable bonds is 5. The molecule has 0 aromatic carbocycles. The van der Waals surface area contributed by atoms with Crippen molar-refractivity contribution in [2.75, 3.05) is 0 Å². The summed E-state index contributed by atoms with van der Waals surface area (Å²) in [5.41, 5.74) is 0.703.